The average Bonchev–Trinajstić information content (AvgIpc) is 3.07. The number of hydrogen-bond donors (Lipinski definition) is 1. The van der Waals surface area contributed by atoms with Gasteiger partial charge in [0.15, 0.2) is 5.82 Å². The zero-order chi connectivity index (χ0) is 11.7. The summed E-state index contributed by atoms with van der Waals surface area (Å²) in [5.41, 5.74) is 0.779. The largest absolute Gasteiger partial charge is 0.366 e. The Hall–Kier alpha value is -1.69. The van der Waals surface area contributed by atoms with Crippen LogP contribution in [0.15, 0.2) is 18.7 Å². The van der Waals surface area contributed by atoms with E-state index >= 15 is 0 Å². The van der Waals surface area contributed by atoms with E-state index in [1.807, 2.05) is 10.6 Å². The van der Waals surface area contributed by atoms with E-state index < -0.39 is 0 Å². The summed E-state index contributed by atoms with van der Waals surface area (Å²) < 4.78 is 1.86. The van der Waals surface area contributed by atoms with Gasteiger partial charge in [0.05, 0.1) is 0 Å². The first kappa shape index (κ1) is 10.5. The van der Waals surface area contributed by atoms with Crippen LogP contribution < -0.4 is 5.32 Å². The standard InChI is InChI=1S/C11H16N6/c1-16(9-2-3-9)6-4-12-10-11-15-14-8-17(11)7-5-13-10/h5,7-9H,2-4,6H2,1H3,(H,12,13). The third kappa shape index (κ3) is 2.21. The second-order valence-corrected chi connectivity index (χ2v) is 4.48. The fraction of sp³-hybridized carbons (Fsp3) is 0.545. The van der Waals surface area contributed by atoms with Crippen LogP contribution in [0.1, 0.15) is 12.8 Å². The van der Waals surface area contributed by atoms with Crippen molar-refractivity contribution in [2.45, 2.75) is 18.9 Å². The van der Waals surface area contributed by atoms with Crippen molar-refractivity contribution in [3.8, 4) is 0 Å². The number of aromatic nitrogens is 4. The van der Waals surface area contributed by atoms with Gasteiger partial charge in [-0.3, -0.25) is 4.40 Å². The zero-order valence-electron chi connectivity index (χ0n) is 9.87. The van der Waals surface area contributed by atoms with Crippen molar-refractivity contribution in [1.29, 1.82) is 0 Å². The van der Waals surface area contributed by atoms with Gasteiger partial charge in [-0.15, -0.1) is 10.2 Å². The molecule has 0 bridgehead atoms. The monoisotopic (exact) mass is 232 g/mol. The highest BCUT2D eigenvalue weighted by atomic mass is 15.2. The Morgan fingerprint density at radius 1 is 1.53 bits per heavy atom. The summed E-state index contributed by atoms with van der Waals surface area (Å²) in [5, 5.41) is 11.2. The van der Waals surface area contributed by atoms with Crippen molar-refractivity contribution in [3.05, 3.63) is 18.7 Å². The lowest BCUT2D eigenvalue weighted by atomic mass is 10.5. The molecule has 0 aromatic carbocycles. The number of nitrogens with one attached hydrogen (secondary N) is 1. The van der Waals surface area contributed by atoms with Crippen molar-refractivity contribution >= 4 is 11.5 Å². The molecule has 1 aliphatic carbocycles. The Morgan fingerprint density at radius 3 is 3.24 bits per heavy atom. The molecule has 17 heavy (non-hydrogen) atoms. The van der Waals surface area contributed by atoms with Gasteiger partial charge in [-0.25, -0.2) is 4.98 Å². The lowest BCUT2D eigenvalue weighted by Gasteiger charge is -2.15. The van der Waals surface area contributed by atoms with Crippen LogP contribution in [0.5, 0.6) is 0 Å². The molecule has 6 heteroatoms. The molecular formula is C11H16N6. The Labute approximate surface area is 99.7 Å². The fourth-order valence-electron chi connectivity index (χ4n) is 1.93. The highest BCUT2D eigenvalue weighted by molar-refractivity contribution is 5.61. The molecule has 1 aliphatic rings. The summed E-state index contributed by atoms with van der Waals surface area (Å²) in [6, 6.07) is 0.800. The predicted molar refractivity (Wildman–Crippen MR) is 64.9 cm³/mol. The van der Waals surface area contributed by atoms with E-state index in [9.17, 15) is 0 Å². The molecule has 1 saturated carbocycles. The summed E-state index contributed by atoms with van der Waals surface area (Å²) in [6.07, 6.45) is 7.96. The SMILES string of the molecule is CN(CCNc1nccn2cnnc12)C1CC1. The minimum atomic E-state index is 0.779. The molecule has 1 fully saturated rings. The Balaban J connectivity index is 1.62. The molecule has 90 valence electrons. The highest BCUT2D eigenvalue weighted by Gasteiger charge is 2.25. The maximum absolute atomic E-state index is 4.28. The summed E-state index contributed by atoms with van der Waals surface area (Å²) in [5.74, 6) is 0.800. The van der Waals surface area contributed by atoms with E-state index in [1.165, 1.54) is 12.8 Å². The molecule has 0 saturated heterocycles. The van der Waals surface area contributed by atoms with Gasteiger partial charge in [0.1, 0.15) is 6.33 Å². The van der Waals surface area contributed by atoms with Gasteiger partial charge in [-0.2, -0.15) is 0 Å². The van der Waals surface area contributed by atoms with Crippen molar-refractivity contribution < 1.29 is 0 Å². The highest BCUT2D eigenvalue weighted by Crippen LogP contribution is 2.24. The van der Waals surface area contributed by atoms with E-state index in [4.69, 9.17) is 0 Å². The lowest BCUT2D eigenvalue weighted by molar-refractivity contribution is 0.337. The summed E-state index contributed by atoms with van der Waals surface area (Å²) in [7, 11) is 2.17. The Bertz CT molecular complexity index is 503. The zero-order valence-corrected chi connectivity index (χ0v) is 9.87. The van der Waals surface area contributed by atoms with E-state index in [0.29, 0.717) is 0 Å². The van der Waals surface area contributed by atoms with E-state index in [-0.39, 0.29) is 0 Å². The maximum Gasteiger partial charge on any atom is 0.203 e. The minimum Gasteiger partial charge on any atom is -0.366 e. The number of hydrogen-bond acceptors (Lipinski definition) is 5. The first-order valence-electron chi connectivity index (χ1n) is 5.93. The molecule has 3 rings (SSSR count). The molecule has 0 spiro atoms. The van der Waals surface area contributed by atoms with Crippen molar-refractivity contribution in [2.75, 3.05) is 25.5 Å². The smallest absolute Gasteiger partial charge is 0.203 e. The van der Waals surface area contributed by atoms with E-state index in [1.54, 1.807) is 12.5 Å². The van der Waals surface area contributed by atoms with Crippen LogP contribution in [0.3, 0.4) is 0 Å². The van der Waals surface area contributed by atoms with Gasteiger partial charge in [0.25, 0.3) is 0 Å². The van der Waals surface area contributed by atoms with Crippen LogP contribution in [-0.2, 0) is 0 Å². The Morgan fingerprint density at radius 2 is 2.41 bits per heavy atom. The minimum absolute atomic E-state index is 0.779. The average molecular weight is 232 g/mol. The van der Waals surface area contributed by atoms with Gasteiger partial charge in [0.2, 0.25) is 5.65 Å². The third-order valence-corrected chi connectivity index (χ3v) is 3.14. The molecule has 2 heterocycles. The van der Waals surface area contributed by atoms with Crippen molar-refractivity contribution in [2.24, 2.45) is 0 Å². The quantitative estimate of drug-likeness (QED) is 0.819. The third-order valence-electron chi connectivity index (χ3n) is 3.14. The van der Waals surface area contributed by atoms with Crippen molar-refractivity contribution in [1.82, 2.24) is 24.5 Å². The number of likely N-dealkylation sites (N-methyl/N-ethyl adjacent to an activating group) is 1. The first-order chi connectivity index (χ1) is 8.34. The van der Waals surface area contributed by atoms with Crippen LogP contribution in [0.25, 0.3) is 5.65 Å². The number of nitrogens with zero attached hydrogens (tertiary/aromatic N) is 5. The van der Waals surface area contributed by atoms with Gasteiger partial charge < -0.3 is 10.2 Å². The van der Waals surface area contributed by atoms with Gasteiger partial charge in [-0.1, -0.05) is 0 Å². The number of anilines is 1. The van der Waals surface area contributed by atoms with Gasteiger partial charge in [-0.05, 0) is 19.9 Å². The first-order valence-corrected chi connectivity index (χ1v) is 5.93. The molecule has 2 aromatic heterocycles. The molecule has 0 atom stereocenters. The summed E-state index contributed by atoms with van der Waals surface area (Å²) >= 11 is 0. The fourth-order valence-corrected chi connectivity index (χ4v) is 1.93. The normalized spacial score (nSPS) is 15.6. The van der Waals surface area contributed by atoms with Gasteiger partial charge >= 0.3 is 0 Å². The van der Waals surface area contributed by atoms with E-state index in [2.05, 4.69) is 32.4 Å². The number of rotatable bonds is 5. The topological polar surface area (TPSA) is 58.4 Å². The van der Waals surface area contributed by atoms with Crippen LogP contribution in [-0.4, -0.2) is 50.7 Å². The predicted octanol–water partition coefficient (Wildman–Crippen LogP) is 0.630. The summed E-state index contributed by atoms with van der Waals surface area (Å²) in [4.78, 5) is 6.67. The molecule has 0 radical (unpaired) electrons. The van der Waals surface area contributed by atoms with Crippen LogP contribution in [0.2, 0.25) is 0 Å². The van der Waals surface area contributed by atoms with Crippen molar-refractivity contribution in [3.63, 3.8) is 0 Å². The maximum atomic E-state index is 4.28. The van der Waals surface area contributed by atoms with Gasteiger partial charge in [0, 0.05) is 31.5 Å². The molecule has 0 amide bonds. The molecule has 6 nitrogen and oxygen atoms in total. The molecule has 2 aromatic rings. The molecule has 1 N–H and O–H groups in total. The lowest BCUT2D eigenvalue weighted by Crippen LogP contribution is -2.27. The van der Waals surface area contributed by atoms with E-state index in [0.717, 1.165) is 30.6 Å². The number of fused-ring (bicyclic) bond motifs is 1. The molecule has 0 aliphatic heterocycles. The summed E-state index contributed by atoms with van der Waals surface area (Å²) in [6.45, 7) is 1.91. The van der Waals surface area contributed by atoms with Crippen LogP contribution in [0, 0.1) is 0 Å². The molecule has 0 unspecified atom stereocenters. The second kappa shape index (κ2) is 4.29. The van der Waals surface area contributed by atoms with Crippen LogP contribution >= 0.6 is 0 Å². The second-order valence-electron chi connectivity index (χ2n) is 4.48. The van der Waals surface area contributed by atoms with Crippen LogP contribution in [0.4, 0.5) is 5.82 Å². The molecular weight excluding hydrogens is 216 g/mol. The Kier molecular flexibility index (Phi) is 2.64.